The van der Waals surface area contributed by atoms with Gasteiger partial charge in [-0.25, -0.2) is 9.59 Å². The number of urea groups is 1. The summed E-state index contributed by atoms with van der Waals surface area (Å²) in [5.41, 5.74) is 2.00. The van der Waals surface area contributed by atoms with E-state index < -0.39 is 42.7 Å². The number of aryl methyl sites for hydroxylation is 1. The second kappa shape index (κ2) is 23.8. The van der Waals surface area contributed by atoms with Crippen LogP contribution in [0.5, 0.6) is 0 Å². The number of halogens is 1. The third-order valence-electron chi connectivity index (χ3n) is 10.2. The van der Waals surface area contributed by atoms with Crippen LogP contribution in [0.15, 0.2) is 66.7 Å². The molecule has 1 saturated carbocycles. The van der Waals surface area contributed by atoms with Gasteiger partial charge in [0, 0.05) is 48.3 Å². The Balaban J connectivity index is 1.25. The molecule has 0 bridgehead atoms. The molecule has 15 nitrogen and oxygen atoms in total. The van der Waals surface area contributed by atoms with Crippen molar-refractivity contribution in [1.29, 1.82) is 0 Å². The molecule has 0 heterocycles. The lowest BCUT2D eigenvalue weighted by atomic mass is 9.81. The topological polar surface area (TPSA) is 229 Å². The zero-order valence-corrected chi connectivity index (χ0v) is 34.4. The van der Waals surface area contributed by atoms with E-state index in [1.807, 2.05) is 66.7 Å². The molecule has 1 fully saturated rings. The first-order valence-electron chi connectivity index (χ1n) is 19.6. The maximum absolute atomic E-state index is 13.6. The van der Waals surface area contributed by atoms with Gasteiger partial charge in [0.1, 0.15) is 12.1 Å². The Bertz CT molecular complexity index is 1870. The molecule has 58 heavy (non-hydrogen) atoms. The first kappa shape index (κ1) is 45.4. The van der Waals surface area contributed by atoms with E-state index in [-0.39, 0.29) is 61.8 Å². The van der Waals surface area contributed by atoms with Crippen LogP contribution in [0.4, 0.5) is 4.79 Å². The van der Waals surface area contributed by atoms with Gasteiger partial charge < -0.3 is 41.5 Å². The first-order valence-corrected chi connectivity index (χ1v) is 20.7. The third-order valence-corrected chi connectivity index (χ3v) is 10.9. The number of aliphatic carboxylic acids is 2. The molecule has 0 saturated heterocycles. The number of carboxylic acids is 2. The van der Waals surface area contributed by atoms with Gasteiger partial charge >= 0.3 is 18.0 Å². The highest BCUT2D eigenvalue weighted by molar-refractivity contribution is 14.1. The standard InChI is InChI=1S/C42H52IN5O10/c43-33-17-11-27(12-18-33)13-20-36(50)45-25-28-8-15-31(16-9-28)39(53)46-35(24-29-10-14-30-5-1-2-6-32(30)23-29)40(54)44-22-4-3-7-37(58-26-49)48-42(57)47-34(41(55)56)19-21-38(51)52/h1-2,5-6,10-12,14,17-18,23,26,28,31,34-35,37H,3-4,7-9,13,15-16,19-22,24-25H2,(H,44,54)(H,45,50)(H,46,53)(H,51,52)(H,55,56)(H2,47,48,57)/t28-,31-,34-,35-,37+/m0/s1. The van der Waals surface area contributed by atoms with Crippen molar-refractivity contribution in [1.82, 2.24) is 26.6 Å². The number of ether oxygens (including phenoxy) is 1. The van der Waals surface area contributed by atoms with Gasteiger partial charge in [-0.05, 0) is 114 Å². The van der Waals surface area contributed by atoms with Gasteiger partial charge in [0.15, 0.2) is 6.23 Å². The largest absolute Gasteiger partial charge is 0.481 e. The van der Waals surface area contributed by atoms with Gasteiger partial charge in [0.05, 0.1) is 0 Å². The number of rotatable bonds is 23. The summed E-state index contributed by atoms with van der Waals surface area (Å²) in [5, 5.41) is 33.7. The lowest BCUT2D eigenvalue weighted by Gasteiger charge is -2.29. The minimum atomic E-state index is -1.46. The van der Waals surface area contributed by atoms with Crippen LogP contribution in [0, 0.1) is 15.4 Å². The molecule has 4 rings (SSSR count). The molecule has 3 atom stereocenters. The Morgan fingerprint density at radius 2 is 1.48 bits per heavy atom. The highest BCUT2D eigenvalue weighted by Crippen LogP contribution is 2.29. The van der Waals surface area contributed by atoms with Crippen molar-refractivity contribution in [3.05, 3.63) is 81.4 Å². The van der Waals surface area contributed by atoms with Crippen LogP contribution >= 0.6 is 22.6 Å². The van der Waals surface area contributed by atoms with E-state index in [9.17, 15) is 38.7 Å². The highest BCUT2D eigenvalue weighted by atomic mass is 127. The molecule has 0 aliphatic heterocycles. The maximum Gasteiger partial charge on any atom is 0.326 e. The molecule has 3 aromatic rings. The van der Waals surface area contributed by atoms with Gasteiger partial charge in [-0.2, -0.15) is 0 Å². The number of carbonyl (C=O) groups is 7. The maximum atomic E-state index is 13.6. The fourth-order valence-corrected chi connectivity index (χ4v) is 7.25. The molecule has 7 N–H and O–H groups in total. The number of fused-ring (bicyclic) bond motifs is 1. The molecule has 0 aromatic heterocycles. The molecular formula is C42H52IN5O10. The number of nitrogens with one attached hydrogen (secondary N) is 5. The van der Waals surface area contributed by atoms with Crippen LogP contribution in [0.3, 0.4) is 0 Å². The molecule has 3 aromatic carbocycles. The fraction of sp³-hybridized carbons (Fsp3) is 0.452. The van der Waals surface area contributed by atoms with Crippen molar-refractivity contribution in [3.63, 3.8) is 0 Å². The van der Waals surface area contributed by atoms with Gasteiger partial charge in [-0.3, -0.25) is 24.0 Å². The second-order valence-corrected chi connectivity index (χ2v) is 15.8. The lowest BCUT2D eigenvalue weighted by Crippen LogP contribution is -2.50. The smallest absolute Gasteiger partial charge is 0.326 e. The van der Waals surface area contributed by atoms with Crippen LogP contribution in [0.1, 0.15) is 75.3 Å². The molecule has 0 unspecified atom stereocenters. The fourth-order valence-electron chi connectivity index (χ4n) is 6.89. The number of hydrogen-bond donors (Lipinski definition) is 7. The summed E-state index contributed by atoms with van der Waals surface area (Å²) in [6.07, 6.45) is 3.28. The summed E-state index contributed by atoms with van der Waals surface area (Å²) < 4.78 is 6.08. The van der Waals surface area contributed by atoms with E-state index in [1.54, 1.807) is 0 Å². The summed E-state index contributed by atoms with van der Waals surface area (Å²) in [7, 11) is 0. The first-order chi connectivity index (χ1) is 27.9. The van der Waals surface area contributed by atoms with E-state index in [2.05, 4.69) is 49.2 Å². The summed E-state index contributed by atoms with van der Waals surface area (Å²) in [5.74, 6) is -3.15. The number of hydrogen-bond acceptors (Lipinski definition) is 8. The summed E-state index contributed by atoms with van der Waals surface area (Å²) in [4.78, 5) is 85.4. The normalized spacial score (nSPS) is 16.5. The number of carbonyl (C=O) groups excluding carboxylic acids is 5. The van der Waals surface area contributed by atoms with E-state index in [0.717, 1.165) is 38.3 Å². The zero-order valence-electron chi connectivity index (χ0n) is 32.3. The Morgan fingerprint density at radius 3 is 2.17 bits per heavy atom. The number of amides is 5. The second-order valence-electron chi connectivity index (χ2n) is 14.5. The monoisotopic (exact) mass is 913 g/mol. The predicted octanol–water partition coefficient (Wildman–Crippen LogP) is 4.43. The van der Waals surface area contributed by atoms with Crippen molar-refractivity contribution in [2.75, 3.05) is 13.1 Å². The third kappa shape index (κ3) is 15.9. The predicted molar refractivity (Wildman–Crippen MR) is 223 cm³/mol. The van der Waals surface area contributed by atoms with Crippen LogP contribution in [-0.2, 0) is 46.3 Å². The Kier molecular flexibility index (Phi) is 18.7. The Hall–Kier alpha value is -5.26. The number of unbranched alkanes of at least 4 members (excludes halogenated alkanes) is 1. The van der Waals surface area contributed by atoms with Crippen molar-refractivity contribution < 1.29 is 48.5 Å². The summed E-state index contributed by atoms with van der Waals surface area (Å²) in [6.45, 7) is 0.934. The molecule has 0 spiro atoms. The highest BCUT2D eigenvalue weighted by Gasteiger charge is 2.30. The molecule has 312 valence electrons. The Morgan fingerprint density at radius 1 is 0.776 bits per heavy atom. The van der Waals surface area contributed by atoms with E-state index >= 15 is 0 Å². The van der Waals surface area contributed by atoms with E-state index in [0.29, 0.717) is 45.1 Å². The number of benzene rings is 3. The average Bonchev–Trinajstić information content (AvgIpc) is 3.20. The van der Waals surface area contributed by atoms with Crippen LogP contribution in [0.25, 0.3) is 10.8 Å². The summed E-state index contributed by atoms with van der Waals surface area (Å²) in [6, 6.07) is 18.7. The van der Waals surface area contributed by atoms with E-state index in [1.165, 1.54) is 0 Å². The van der Waals surface area contributed by atoms with Gasteiger partial charge in [0.2, 0.25) is 17.7 Å². The van der Waals surface area contributed by atoms with E-state index in [4.69, 9.17) is 9.84 Å². The van der Waals surface area contributed by atoms with Gasteiger partial charge in [-0.1, -0.05) is 54.6 Å². The zero-order chi connectivity index (χ0) is 41.9. The molecule has 5 amide bonds. The lowest BCUT2D eigenvalue weighted by molar-refractivity contribution is -0.141. The molecule has 0 radical (unpaired) electrons. The molecular weight excluding hydrogens is 861 g/mol. The van der Waals surface area contributed by atoms with Crippen molar-refractivity contribution >= 4 is 75.5 Å². The minimum absolute atomic E-state index is 0.0107. The number of carboxylic acid groups (broad SMARTS) is 2. The molecule has 16 heteroatoms. The van der Waals surface area contributed by atoms with Crippen LogP contribution in [-0.4, -0.2) is 83.8 Å². The van der Waals surface area contributed by atoms with Crippen molar-refractivity contribution in [2.45, 2.75) is 95.4 Å². The minimum Gasteiger partial charge on any atom is -0.481 e. The molecule has 1 aliphatic rings. The molecule has 1 aliphatic carbocycles. The van der Waals surface area contributed by atoms with Crippen molar-refractivity contribution in [3.8, 4) is 0 Å². The van der Waals surface area contributed by atoms with Crippen molar-refractivity contribution in [2.24, 2.45) is 11.8 Å². The van der Waals surface area contributed by atoms with Crippen LogP contribution < -0.4 is 26.6 Å². The SMILES string of the molecule is O=CO[C@H](CCCCNC(=O)[C@H](Cc1ccc2ccccc2c1)NC(=O)[C@H]1CC[C@H](CNC(=O)CCc2ccc(I)cc2)CC1)NC(=O)N[C@@H](CCC(=O)O)C(=O)O. The average molecular weight is 914 g/mol. The van der Waals surface area contributed by atoms with Gasteiger partial charge in [-0.15, -0.1) is 0 Å². The summed E-state index contributed by atoms with van der Waals surface area (Å²) >= 11 is 2.25. The quantitative estimate of drug-likeness (QED) is 0.0307. The van der Waals surface area contributed by atoms with Gasteiger partial charge in [0.25, 0.3) is 6.47 Å². The Labute approximate surface area is 350 Å². The van der Waals surface area contributed by atoms with Crippen LogP contribution in [0.2, 0.25) is 0 Å².